The number of hydrogen-bond donors (Lipinski definition) is 0. The lowest BCUT2D eigenvalue weighted by Gasteiger charge is -1.99. The van der Waals surface area contributed by atoms with E-state index in [1.165, 1.54) is 23.5 Å². The van der Waals surface area contributed by atoms with Crippen molar-refractivity contribution >= 4 is 71.8 Å². The van der Waals surface area contributed by atoms with Gasteiger partial charge >= 0.3 is 0 Å². The van der Waals surface area contributed by atoms with E-state index in [0.717, 1.165) is 27.8 Å². The minimum absolute atomic E-state index is 0.224. The number of sulfone groups is 1. The van der Waals surface area contributed by atoms with Crippen LogP contribution >= 0.6 is 45.9 Å². The van der Waals surface area contributed by atoms with Crippen molar-refractivity contribution < 1.29 is 13.2 Å². The Kier molecular flexibility index (Phi) is 4.61. The summed E-state index contributed by atoms with van der Waals surface area (Å²) in [6.45, 7) is 0. The zero-order chi connectivity index (χ0) is 17.6. The van der Waals surface area contributed by atoms with E-state index in [0.29, 0.717) is 9.14 Å². The Hall–Kier alpha value is -1.19. The van der Waals surface area contributed by atoms with Gasteiger partial charge in [-0.15, -0.1) is 11.3 Å². The molecule has 0 unspecified atom stereocenters. The predicted octanol–water partition coefficient (Wildman–Crippen LogP) is 3.75. The molecule has 126 valence electrons. The first kappa shape index (κ1) is 17.6. The van der Waals surface area contributed by atoms with Crippen LogP contribution in [0.2, 0.25) is 8.67 Å². The maximum absolute atomic E-state index is 12.3. The number of aryl methyl sites for hydroxylation is 1. The lowest BCUT2D eigenvalue weighted by molar-refractivity contribution is 0.0998. The third-order valence-corrected chi connectivity index (χ3v) is 6.99. The molecule has 0 spiro atoms. The van der Waals surface area contributed by atoms with E-state index in [1.807, 2.05) is 0 Å². The van der Waals surface area contributed by atoms with Gasteiger partial charge in [-0.25, -0.2) is 8.42 Å². The lowest BCUT2D eigenvalue weighted by atomic mass is 10.3. The Morgan fingerprint density at radius 1 is 1.21 bits per heavy atom. The largest absolute Gasteiger partial charge is 0.319 e. The fourth-order valence-electron chi connectivity index (χ4n) is 2.08. The fourth-order valence-corrected chi connectivity index (χ4v) is 5.31. The quantitative estimate of drug-likeness (QED) is 0.633. The van der Waals surface area contributed by atoms with Crippen molar-refractivity contribution in [3.8, 4) is 0 Å². The topological polar surface area (TPSA) is 68.5 Å². The average molecular weight is 421 g/mol. The molecule has 0 radical (unpaired) electrons. The minimum Gasteiger partial charge on any atom is -0.319 e. The Bertz CT molecular complexity index is 1140. The van der Waals surface area contributed by atoms with Crippen LogP contribution in [0.4, 0.5) is 0 Å². The number of thiazole rings is 1. The molecule has 0 aliphatic heterocycles. The number of nitrogens with zero attached hydrogens (tertiary/aromatic N) is 2. The summed E-state index contributed by atoms with van der Waals surface area (Å²) >= 11 is 14.2. The van der Waals surface area contributed by atoms with Crippen LogP contribution in [-0.4, -0.2) is 25.1 Å². The number of carbonyl (C=O) groups excluding carboxylic acids is 1. The number of amides is 1. The van der Waals surface area contributed by atoms with Crippen molar-refractivity contribution in [3.05, 3.63) is 43.3 Å². The maximum Gasteiger partial charge on any atom is 0.282 e. The van der Waals surface area contributed by atoms with Gasteiger partial charge in [-0.05, 0) is 24.3 Å². The van der Waals surface area contributed by atoms with Gasteiger partial charge in [0.15, 0.2) is 14.6 Å². The molecule has 1 aromatic carbocycles. The third kappa shape index (κ3) is 3.29. The number of fused-ring (bicyclic) bond motifs is 1. The van der Waals surface area contributed by atoms with E-state index < -0.39 is 15.7 Å². The van der Waals surface area contributed by atoms with Gasteiger partial charge in [-0.1, -0.05) is 34.5 Å². The van der Waals surface area contributed by atoms with Gasteiger partial charge in [0.25, 0.3) is 5.91 Å². The molecular formula is C14H10Cl2N2O3S3. The van der Waals surface area contributed by atoms with E-state index in [2.05, 4.69) is 4.99 Å². The molecule has 24 heavy (non-hydrogen) atoms. The van der Waals surface area contributed by atoms with Gasteiger partial charge in [-0.3, -0.25) is 4.79 Å². The van der Waals surface area contributed by atoms with Gasteiger partial charge in [0, 0.05) is 13.3 Å². The fraction of sp³-hybridized carbons (Fsp3) is 0.143. The molecule has 0 N–H and O–H groups in total. The van der Waals surface area contributed by atoms with Crippen LogP contribution in [-0.2, 0) is 16.9 Å². The molecule has 0 aliphatic carbocycles. The van der Waals surface area contributed by atoms with Gasteiger partial charge in [0.1, 0.15) is 4.34 Å². The van der Waals surface area contributed by atoms with Crippen molar-refractivity contribution in [2.24, 2.45) is 12.0 Å². The number of hydrogen-bond acceptors (Lipinski definition) is 5. The molecule has 3 rings (SSSR count). The van der Waals surface area contributed by atoms with Crippen LogP contribution < -0.4 is 4.80 Å². The molecule has 0 atom stereocenters. The number of rotatable bonds is 2. The SMILES string of the molecule is Cn1c(=NC(=O)c2cc(Cl)sc2Cl)sc2cc(S(C)(=O)=O)ccc21. The van der Waals surface area contributed by atoms with Crippen molar-refractivity contribution in [2.75, 3.05) is 6.26 Å². The molecule has 0 saturated carbocycles. The van der Waals surface area contributed by atoms with Crippen LogP contribution in [0.25, 0.3) is 10.2 Å². The van der Waals surface area contributed by atoms with Crippen LogP contribution in [0, 0.1) is 0 Å². The Labute approximate surface area is 155 Å². The zero-order valence-electron chi connectivity index (χ0n) is 12.4. The summed E-state index contributed by atoms with van der Waals surface area (Å²) in [5.41, 5.74) is 1.04. The van der Waals surface area contributed by atoms with Crippen LogP contribution in [0.1, 0.15) is 10.4 Å². The highest BCUT2D eigenvalue weighted by Crippen LogP contribution is 2.31. The highest BCUT2D eigenvalue weighted by Gasteiger charge is 2.15. The minimum atomic E-state index is -3.30. The monoisotopic (exact) mass is 420 g/mol. The summed E-state index contributed by atoms with van der Waals surface area (Å²) in [5.74, 6) is -0.492. The van der Waals surface area contributed by atoms with Gasteiger partial charge in [0.2, 0.25) is 0 Å². The van der Waals surface area contributed by atoms with Crippen molar-refractivity contribution in [1.29, 1.82) is 0 Å². The zero-order valence-corrected chi connectivity index (χ0v) is 16.4. The first-order chi connectivity index (χ1) is 11.2. The predicted molar refractivity (Wildman–Crippen MR) is 98.1 cm³/mol. The third-order valence-electron chi connectivity index (χ3n) is 3.29. The Balaban J connectivity index is 2.14. The van der Waals surface area contributed by atoms with Gasteiger partial charge < -0.3 is 4.57 Å². The summed E-state index contributed by atoms with van der Waals surface area (Å²) < 4.78 is 26.5. The molecule has 0 fully saturated rings. The van der Waals surface area contributed by atoms with Gasteiger partial charge in [-0.2, -0.15) is 4.99 Å². The molecular weight excluding hydrogens is 411 g/mol. The second kappa shape index (κ2) is 6.27. The normalized spacial score (nSPS) is 12.9. The molecule has 0 bridgehead atoms. The van der Waals surface area contributed by atoms with E-state index in [1.54, 1.807) is 23.7 Å². The summed E-state index contributed by atoms with van der Waals surface area (Å²) in [5, 5.41) is 0. The summed E-state index contributed by atoms with van der Waals surface area (Å²) in [4.78, 5) is 17.1. The molecule has 1 amide bonds. The summed E-state index contributed by atoms with van der Waals surface area (Å²) in [6.07, 6.45) is 1.15. The summed E-state index contributed by atoms with van der Waals surface area (Å²) in [6, 6.07) is 6.29. The van der Waals surface area contributed by atoms with Crippen molar-refractivity contribution in [1.82, 2.24) is 4.57 Å². The van der Waals surface area contributed by atoms with E-state index in [4.69, 9.17) is 23.2 Å². The summed E-state index contributed by atoms with van der Waals surface area (Å²) in [7, 11) is -1.54. The van der Waals surface area contributed by atoms with Crippen LogP contribution in [0.5, 0.6) is 0 Å². The molecule has 10 heteroatoms. The van der Waals surface area contributed by atoms with Crippen LogP contribution in [0.3, 0.4) is 0 Å². The molecule has 3 aromatic rings. The molecule has 5 nitrogen and oxygen atoms in total. The Morgan fingerprint density at radius 2 is 1.92 bits per heavy atom. The van der Waals surface area contributed by atoms with E-state index in [-0.39, 0.29) is 14.8 Å². The van der Waals surface area contributed by atoms with Crippen molar-refractivity contribution in [3.63, 3.8) is 0 Å². The first-order valence-corrected chi connectivity index (χ1v) is 10.8. The smallest absolute Gasteiger partial charge is 0.282 e. The number of carbonyl (C=O) groups is 1. The molecule has 2 heterocycles. The number of halogens is 2. The highest BCUT2D eigenvalue weighted by molar-refractivity contribution is 7.90. The Morgan fingerprint density at radius 3 is 2.50 bits per heavy atom. The molecule has 0 saturated heterocycles. The maximum atomic E-state index is 12.3. The van der Waals surface area contributed by atoms with E-state index >= 15 is 0 Å². The second-order valence-electron chi connectivity index (χ2n) is 5.00. The van der Waals surface area contributed by atoms with Crippen molar-refractivity contribution in [2.45, 2.75) is 4.90 Å². The standard InChI is InChI=1S/C14H10Cl2N2O3S3/c1-18-9-4-3-7(24(2,20)21)5-10(9)22-14(18)17-13(19)8-6-11(15)23-12(8)16/h3-6H,1-2H3. The highest BCUT2D eigenvalue weighted by atomic mass is 35.5. The second-order valence-corrected chi connectivity index (χ2v) is 10.3. The lowest BCUT2D eigenvalue weighted by Crippen LogP contribution is -2.13. The number of aromatic nitrogens is 1. The molecule has 0 aliphatic rings. The average Bonchev–Trinajstić information content (AvgIpc) is 2.98. The molecule has 2 aromatic heterocycles. The number of thiophene rings is 1. The van der Waals surface area contributed by atoms with E-state index in [9.17, 15) is 13.2 Å². The first-order valence-electron chi connectivity index (χ1n) is 6.50. The number of benzene rings is 1. The van der Waals surface area contributed by atoms with Crippen LogP contribution in [0.15, 0.2) is 34.2 Å². The van der Waals surface area contributed by atoms with Gasteiger partial charge in [0.05, 0.1) is 25.0 Å².